The molecule has 1 aliphatic heterocycles. The zero-order chi connectivity index (χ0) is 17.5. The largest absolute Gasteiger partial charge is 0.353 e. The summed E-state index contributed by atoms with van der Waals surface area (Å²) in [4.78, 5) is 36.5. The van der Waals surface area contributed by atoms with Crippen molar-refractivity contribution in [3.63, 3.8) is 0 Å². The van der Waals surface area contributed by atoms with Gasteiger partial charge in [0.25, 0.3) is 5.91 Å². The number of rotatable bonds is 5. The molecule has 1 saturated heterocycles. The topological polar surface area (TPSA) is 78.4 Å². The highest BCUT2D eigenvalue weighted by atomic mass is 16.2. The molecule has 3 heterocycles. The van der Waals surface area contributed by atoms with Gasteiger partial charge in [0.05, 0.1) is 0 Å². The molecule has 2 aromatic heterocycles. The second-order valence-corrected chi connectivity index (χ2v) is 5.78. The molecule has 2 amide bonds. The Bertz CT molecular complexity index is 700. The van der Waals surface area contributed by atoms with E-state index in [1.807, 2.05) is 23.1 Å². The quantitative estimate of drug-likeness (QED) is 0.877. The van der Waals surface area contributed by atoms with Crippen molar-refractivity contribution in [1.29, 1.82) is 0 Å². The van der Waals surface area contributed by atoms with E-state index in [1.165, 1.54) is 0 Å². The van der Waals surface area contributed by atoms with Crippen LogP contribution in [0, 0.1) is 0 Å². The lowest BCUT2D eigenvalue weighted by Crippen LogP contribution is -2.49. The van der Waals surface area contributed by atoms with Crippen molar-refractivity contribution in [3.8, 4) is 0 Å². The van der Waals surface area contributed by atoms with Gasteiger partial charge in [-0.25, -0.2) is 4.98 Å². The van der Waals surface area contributed by atoms with Crippen molar-refractivity contribution in [2.75, 3.05) is 37.6 Å². The number of pyridine rings is 2. The SMILES string of the molecule is O=C(NCCC(=O)N1CCN(c2ccccn2)CC1)c1ccccn1. The number of nitrogens with one attached hydrogen (secondary N) is 1. The predicted molar refractivity (Wildman–Crippen MR) is 94.2 cm³/mol. The molecule has 130 valence electrons. The lowest BCUT2D eigenvalue weighted by Gasteiger charge is -2.35. The lowest BCUT2D eigenvalue weighted by molar-refractivity contribution is -0.131. The number of aromatic nitrogens is 2. The normalized spacial score (nSPS) is 14.2. The molecule has 0 bridgehead atoms. The summed E-state index contributed by atoms with van der Waals surface area (Å²) in [5.74, 6) is 0.743. The summed E-state index contributed by atoms with van der Waals surface area (Å²) in [6.07, 6.45) is 3.64. The Kier molecular flexibility index (Phi) is 5.56. The monoisotopic (exact) mass is 339 g/mol. The number of piperazine rings is 1. The first-order valence-electron chi connectivity index (χ1n) is 8.37. The molecule has 0 unspecified atom stereocenters. The molecule has 1 fully saturated rings. The van der Waals surface area contributed by atoms with E-state index in [2.05, 4.69) is 20.2 Å². The molecule has 1 N–H and O–H groups in total. The Hall–Kier alpha value is -2.96. The Balaban J connectivity index is 1.40. The fourth-order valence-electron chi connectivity index (χ4n) is 2.75. The van der Waals surface area contributed by atoms with Crippen molar-refractivity contribution in [2.24, 2.45) is 0 Å². The molecule has 0 aromatic carbocycles. The van der Waals surface area contributed by atoms with Crippen molar-refractivity contribution < 1.29 is 9.59 Å². The number of hydrogen-bond donors (Lipinski definition) is 1. The number of nitrogens with zero attached hydrogens (tertiary/aromatic N) is 4. The predicted octanol–water partition coefficient (Wildman–Crippen LogP) is 0.945. The lowest BCUT2D eigenvalue weighted by atomic mass is 10.2. The van der Waals surface area contributed by atoms with Crippen molar-refractivity contribution in [2.45, 2.75) is 6.42 Å². The number of hydrogen-bond acceptors (Lipinski definition) is 5. The summed E-state index contributed by atoms with van der Waals surface area (Å²) in [7, 11) is 0. The minimum Gasteiger partial charge on any atom is -0.353 e. The van der Waals surface area contributed by atoms with Gasteiger partial charge in [0.15, 0.2) is 0 Å². The maximum absolute atomic E-state index is 12.3. The van der Waals surface area contributed by atoms with Crippen LogP contribution in [0.2, 0.25) is 0 Å². The molecule has 25 heavy (non-hydrogen) atoms. The Morgan fingerprint density at radius 1 is 0.960 bits per heavy atom. The summed E-state index contributed by atoms with van der Waals surface area (Å²) < 4.78 is 0. The van der Waals surface area contributed by atoms with Crippen LogP contribution in [0.3, 0.4) is 0 Å². The van der Waals surface area contributed by atoms with Crippen LogP contribution in [0.15, 0.2) is 48.8 Å². The van der Waals surface area contributed by atoms with Gasteiger partial charge in [0, 0.05) is 51.5 Å². The van der Waals surface area contributed by atoms with Crippen LogP contribution < -0.4 is 10.2 Å². The standard InChI is InChI=1S/C18H21N5O2/c24-17(7-10-21-18(25)15-5-1-3-8-19-15)23-13-11-22(12-14-23)16-6-2-4-9-20-16/h1-6,8-9H,7,10-14H2,(H,21,25). The van der Waals surface area contributed by atoms with E-state index in [-0.39, 0.29) is 11.8 Å². The summed E-state index contributed by atoms with van der Waals surface area (Å²) in [5.41, 5.74) is 0.360. The molecule has 0 aliphatic carbocycles. The average molecular weight is 339 g/mol. The van der Waals surface area contributed by atoms with E-state index >= 15 is 0 Å². The van der Waals surface area contributed by atoms with E-state index in [0.717, 1.165) is 18.9 Å². The van der Waals surface area contributed by atoms with Crippen molar-refractivity contribution in [3.05, 3.63) is 54.5 Å². The minimum absolute atomic E-state index is 0.0574. The molecule has 1 aliphatic rings. The van der Waals surface area contributed by atoms with Crippen LogP contribution in [-0.4, -0.2) is 59.4 Å². The zero-order valence-electron chi connectivity index (χ0n) is 14.0. The van der Waals surface area contributed by atoms with Crippen LogP contribution in [0.1, 0.15) is 16.9 Å². The molecule has 0 radical (unpaired) electrons. The van der Waals surface area contributed by atoms with Gasteiger partial charge in [0.1, 0.15) is 11.5 Å². The smallest absolute Gasteiger partial charge is 0.269 e. The van der Waals surface area contributed by atoms with Gasteiger partial charge in [-0.2, -0.15) is 0 Å². The zero-order valence-corrected chi connectivity index (χ0v) is 14.0. The average Bonchev–Trinajstić information content (AvgIpc) is 2.69. The van der Waals surface area contributed by atoms with Gasteiger partial charge in [0.2, 0.25) is 5.91 Å². The van der Waals surface area contributed by atoms with E-state index in [1.54, 1.807) is 30.6 Å². The number of carbonyl (C=O) groups is 2. The summed E-state index contributed by atoms with van der Waals surface area (Å²) in [6, 6.07) is 11.0. The van der Waals surface area contributed by atoms with Gasteiger partial charge in [-0.15, -0.1) is 0 Å². The van der Waals surface area contributed by atoms with Gasteiger partial charge >= 0.3 is 0 Å². The number of anilines is 1. The van der Waals surface area contributed by atoms with E-state index in [9.17, 15) is 9.59 Å². The molecule has 0 saturated carbocycles. The molecular formula is C18H21N5O2. The van der Waals surface area contributed by atoms with Crippen molar-refractivity contribution >= 4 is 17.6 Å². The van der Waals surface area contributed by atoms with E-state index in [0.29, 0.717) is 31.7 Å². The number of carbonyl (C=O) groups excluding carboxylic acids is 2. The third kappa shape index (κ3) is 4.53. The van der Waals surface area contributed by atoms with Gasteiger partial charge < -0.3 is 15.1 Å². The highest BCUT2D eigenvalue weighted by Gasteiger charge is 2.21. The molecule has 3 rings (SSSR count). The highest BCUT2D eigenvalue weighted by molar-refractivity contribution is 5.92. The molecular weight excluding hydrogens is 318 g/mol. The first-order chi connectivity index (χ1) is 12.2. The van der Waals surface area contributed by atoms with Crippen molar-refractivity contribution in [1.82, 2.24) is 20.2 Å². The summed E-state index contributed by atoms with van der Waals surface area (Å²) in [6.45, 7) is 3.19. The molecule has 0 spiro atoms. The van der Waals surface area contributed by atoms with Crippen LogP contribution in [0.25, 0.3) is 0 Å². The maximum Gasteiger partial charge on any atom is 0.269 e. The first kappa shape index (κ1) is 16.9. The second-order valence-electron chi connectivity index (χ2n) is 5.78. The molecule has 7 nitrogen and oxygen atoms in total. The highest BCUT2D eigenvalue weighted by Crippen LogP contribution is 2.12. The third-order valence-electron chi connectivity index (χ3n) is 4.13. The summed E-state index contributed by atoms with van der Waals surface area (Å²) >= 11 is 0. The maximum atomic E-state index is 12.3. The van der Waals surface area contributed by atoms with Crippen LogP contribution >= 0.6 is 0 Å². The summed E-state index contributed by atoms with van der Waals surface area (Å²) in [5, 5.41) is 2.73. The van der Waals surface area contributed by atoms with Crippen LogP contribution in [0.4, 0.5) is 5.82 Å². The second kappa shape index (κ2) is 8.23. The Labute approximate surface area is 146 Å². The van der Waals surface area contributed by atoms with Gasteiger partial charge in [-0.05, 0) is 24.3 Å². The Morgan fingerprint density at radius 2 is 1.68 bits per heavy atom. The first-order valence-corrected chi connectivity index (χ1v) is 8.37. The van der Waals surface area contributed by atoms with Crippen LogP contribution in [0.5, 0.6) is 0 Å². The third-order valence-corrected chi connectivity index (χ3v) is 4.13. The van der Waals surface area contributed by atoms with Gasteiger partial charge in [-0.1, -0.05) is 12.1 Å². The van der Waals surface area contributed by atoms with E-state index < -0.39 is 0 Å². The molecule has 0 atom stereocenters. The molecule has 2 aromatic rings. The molecule has 7 heteroatoms. The fraction of sp³-hybridized carbons (Fsp3) is 0.333. The Morgan fingerprint density at radius 3 is 2.32 bits per heavy atom. The van der Waals surface area contributed by atoms with E-state index in [4.69, 9.17) is 0 Å². The number of amides is 2. The van der Waals surface area contributed by atoms with Crippen LogP contribution in [-0.2, 0) is 4.79 Å². The van der Waals surface area contributed by atoms with Gasteiger partial charge in [-0.3, -0.25) is 14.6 Å². The minimum atomic E-state index is -0.256. The fourth-order valence-corrected chi connectivity index (χ4v) is 2.75.